The van der Waals surface area contributed by atoms with Crippen molar-refractivity contribution in [2.24, 2.45) is 0 Å². The van der Waals surface area contributed by atoms with E-state index in [1.54, 1.807) is 12.4 Å². The average molecular weight is 395 g/mol. The number of hydrogen-bond donors (Lipinski definition) is 1. The smallest absolute Gasteiger partial charge is 0.255 e. The van der Waals surface area contributed by atoms with Gasteiger partial charge in [-0.05, 0) is 60.0 Å². The molecule has 0 bridgehead atoms. The fraction of sp³-hybridized carbons (Fsp3) is 0.120. The van der Waals surface area contributed by atoms with Crippen LogP contribution in [0, 0.1) is 0 Å². The second-order valence-electron chi connectivity index (χ2n) is 7.61. The van der Waals surface area contributed by atoms with Crippen molar-refractivity contribution in [3.05, 3.63) is 96.0 Å². The first kappa shape index (κ1) is 18.2. The number of aromatic nitrogens is 1. The van der Waals surface area contributed by atoms with Gasteiger partial charge in [-0.3, -0.25) is 9.78 Å². The number of pyridine rings is 1. The number of nitrogens with zero attached hydrogens (tertiary/aromatic N) is 2. The van der Waals surface area contributed by atoms with Gasteiger partial charge in [-0.1, -0.05) is 12.1 Å². The fourth-order valence-electron chi connectivity index (χ4n) is 3.76. The molecule has 0 saturated carbocycles. The maximum Gasteiger partial charge on any atom is 0.255 e. The summed E-state index contributed by atoms with van der Waals surface area (Å²) >= 11 is 0. The zero-order valence-corrected chi connectivity index (χ0v) is 16.8. The molecule has 5 rings (SSSR count). The first-order valence-corrected chi connectivity index (χ1v) is 9.82. The zero-order valence-electron chi connectivity index (χ0n) is 16.8. The molecule has 3 aromatic rings. The van der Waals surface area contributed by atoms with Crippen LogP contribution < -0.4 is 15.0 Å². The van der Waals surface area contributed by atoms with Crippen molar-refractivity contribution in [3.8, 4) is 5.75 Å². The van der Waals surface area contributed by atoms with Crippen LogP contribution in [-0.2, 0) is 0 Å². The Morgan fingerprint density at radius 2 is 2.00 bits per heavy atom. The highest BCUT2D eigenvalue weighted by Gasteiger charge is 2.28. The monoisotopic (exact) mass is 395 g/mol. The number of benzene rings is 2. The van der Waals surface area contributed by atoms with Crippen LogP contribution in [0.4, 0.5) is 5.69 Å². The Morgan fingerprint density at radius 1 is 1.10 bits per heavy atom. The lowest BCUT2D eigenvalue weighted by Gasteiger charge is -2.13. The van der Waals surface area contributed by atoms with Crippen LogP contribution in [0.3, 0.4) is 0 Å². The molecule has 5 nitrogen and oxygen atoms in total. The minimum atomic E-state index is -0.156. The van der Waals surface area contributed by atoms with Gasteiger partial charge in [0.2, 0.25) is 0 Å². The SMILES string of the molecule is CN(C)c1ccc2c(c1)C1=CC(NC(=O)c3ccc4cnccc4c3)=CC=CC1O2. The lowest BCUT2D eigenvalue weighted by atomic mass is 10.0. The van der Waals surface area contributed by atoms with Gasteiger partial charge in [0.25, 0.3) is 5.91 Å². The van der Waals surface area contributed by atoms with Gasteiger partial charge in [0, 0.05) is 60.0 Å². The molecule has 1 N–H and O–H groups in total. The Labute approximate surface area is 175 Å². The molecular formula is C25H21N3O2. The predicted molar refractivity (Wildman–Crippen MR) is 120 cm³/mol. The topological polar surface area (TPSA) is 54.5 Å². The molecule has 30 heavy (non-hydrogen) atoms. The van der Waals surface area contributed by atoms with E-state index in [9.17, 15) is 4.79 Å². The van der Waals surface area contributed by atoms with Crippen molar-refractivity contribution in [2.45, 2.75) is 6.10 Å². The van der Waals surface area contributed by atoms with Crippen LogP contribution in [0.1, 0.15) is 15.9 Å². The fourth-order valence-corrected chi connectivity index (χ4v) is 3.76. The first-order chi connectivity index (χ1) is 14.6. The second kappa shape index (κ2) is 7.19. The molecule has 1 unspecified atom stereocenters. The third-order valence-corrected chi connectivity index (χ3v) is 5.38. The molecule has 5 heteroatoms. The van der Waals surface area contributed by atoms with E-state index in [2.05, 4.69) is 21.3 Å². The summed E-state index contributed by atoms with van der Waals surface area (Å²) in [6.45, 7) is 0. The van der Waals surface area contributed by atoms with Crippen molar-refractivity contribution in [1.29, 1.82) is 0 Å². The van der Waals surface area contributed by atoms with E-state index < -0.39 is 0 Å². The van der Waals surface area contributed by atoms with Gasteiger partial charge in [0.15, 0.2) is 0 Å². The first-order valence-electron chi connectivity index (χ1n) is 9.82. The van der Waals surface area contributed by atoms with Crippen LogP contribution in [0.25, 0.3) is 16.3 Å². The number of anilines is 1. The highest BCUT2D eigenvalue weighted by Crippen LogP contribution is 2.41. The Bertz CT molecular complexity index is 1250. The summed E-state index contributed by atoms with van der Waals surface area (Å²) in [5, 5.41) is 5.03. The Balaban J connectivity index is 1.45. The molecule has 2 heterocycles. The van der Waals surface area contributed by atoms with E-state index >= 15 is 0 Å². The van der Waals surface area contributed by atoms with E-state index in [0.717, 1.165) is 39.0 Å². The van der Waals surface area contributed by atoms with Crippen molar-refractivity contribution in [3.63, 3.8) is 0 Å². The van der Waals surface area contributed by atoms with E-state index in [1.165, 1.54) is 0 Å². The van der Waals surface area contributed by atoms with Crippen LogP contribution in [0.5, 0.6) is 5.75 Å². The van der Waals surface area contributed by atoms with Crippen LogP contribution in [0.2, 0.25) is 0 Å². The highest BCUT2D eigenvalue weighted by atomic mass is 16.5. The van der Waals surface area contributed by atoms with E-state index in [4.69, 9.17) is 4.74 Å². The van der Waals surface area contributed by atoms with Gasteiger partial charge in [-0.25, -0.2) is 0 Å². The van der Waals surface area contributed by atoms with E-state index in [1.807, 2.05) is 74.8 Å². The van der Waals surface area contributed by atoms with E-state index in [-0.39, 0.29) is 12.0 Å². The van der Waals surface area contributed by atoms with Crippen molar-refractivity contribution in [2.75, 3.05) is 19.0 Å². The molecule has 0 fully saturated rings. The molecule has 1 aliphatic heterocycles. The average Bonchev–Trinajstić information content (AvgIpc) is 2.97. The van der Waals surface area contributed by atoms with E-state index in [0.29, 0.717) is 5.56 Å². The number of carbonyl (C=O) groups excluding carboxylic acids is 1. The van der Waals surface area contributed by atoms with Gasteiger partial charge in [-0.2, -0.15) is 0 Å². The highest BCUT2D eigenvalue weighted by molar-refractivity contribution is 5.99. The summed E-state index contributed by atoms with van der Waals surface area (Å²) in [6, 6.07) is 13.7. The third kappa shape index (κ3) is 3.24. The standard InChI is InChI=1S/C25H21N3O2/c1-28(2)20-8-9-24-22(14-20)21-13-19(4-3-5-23(21)30-24)27-25(29)17-6-7-18-15-26-11-10-16(18)12-17/h3-15,23H,1-2H3,(H,27,29). The molecular weight excluding hydrogens is 374 g/mol. The summed E-state index contributed by atoms with van der Waals surface area (Å²) in [4.78, 5) is 19.1. The van der Waals surface area contributed by atoms with Gasteiger partial charge in [0.05, 0.1) is 0 Å². The van der Waals surface area contributed by atoms with Crippen molar-refractivity contribution < 1.29 is 9.53 Å². The molecule has 2 aromatic carbocycles. The molecule has 1 atom stereocenters. The number of amides is 1. The summed E-state index contributed by atoms with van der Waals surface area (Å²) < 4.78 is 6.09. The normalized spacial score (nSPS) is 16.7. The number of ether oxygens (including phenoxy) is 1. The molecule has 0 saturated heterocycles. The lowest BCUT2D eigenvalue weighted by molar-refractivity contribution is 0.0967. The van der Waals surface area contributed by atoms with Crippen LogP contribution >= 0.6 is 0 Å². The number of fused-ring (bicyclic) bond motifs is 4. The summed E-state index contributed by atoms with van der Waals surface area (Å²) in [6.07, 6.45) is 11.2. The molecule has 148 valence electrons. The molecule has 1 amide bonds. The molecule has 0 radical (unpaired) electrons. The summed E-state index contributed by atoms with van der Waals surface area (Å²) in [5.74, 6) is 0.710. The van der Waals surface area contributed by atoms with Gasteiger partial charge < -0.3 is 15.0 Å². The maximum absolute atomic E-state index is 12.9. The summed E-state index contributed by atoms with van der Waals surface area (Å²) in [7, 11) is 4.03. The lowest BCUT2D eigenvalue weighted by Crippen LogP contribution is -2.22. The number of hydrogen-bond acceptors (Lipinski definition) is 4. The Hall–Kier alpha value is -3.86. The van der Waals surface area contributed by atoms with Crippen LogP contribution in [0.15, 0.2) is 84.9 Å². The summed E-state index contributed by atoms with van der Waals surface area (Å²) in [5.41, 5.74) is 4.54. The third-order valence-electron chi connectivity index (χ3n) is 5.38. The largest absolute Gasteiger partial charge is 0.481 e. The minimum Gasteiger partial charge on any atom is -0.481 e. The number of carbonyl (C=O) groups is 1. The van der Waals surface area contributed by atoms with Crippen molar-refractivity contribution in [1.82, 2.24) is 10.3 Å². The maximum atomic E-state index is 12.9. The van der Waals surface area contributed by atoms with Gasteiger partial charge in [0.1, 0.15) is 11.9 Å². The molecule has 0 spiro atoms. The Morgan fingerprint density at radius 3 is 2.87 bits per heavy atom. The van der Waals surface area contributed by atoms with Gasteiger partial charge >= 0.3 is 0 Å². The Kier molecular flexibility index (Phi) is 4.36. The second-order valence-corrected chi connectivity index (χ2v) is 7.61. The predicted octanol–water partition coefficient (Wildman–Crippen LogP) is 4.33. The quantitative estimate of drug-likeness (QED) is 0.717. The van der Waals surface area contributed by atoms with Crippen LogP contribution in [-0.4, -0.2) is 31.1 Å². The molecule has 2 aliphatic rings. The van der Waals surface area contributed by atoms with Gasteiger partial charge in [-0.15, -0.1) is 0 Å². The molecule has 1 aliphatic carbocycles. The van der Waals surface area contributed by atoms with Crippen molar-refractivity contribution >= 4 is 27.9 Å². The number of rotatable bonds is 3. The molecule has 1 aromatic heterocycles. The minimum absolute atomic E-state index is 0.148. The number of allylic oxidation sites excluding steroid dienone is 3. The zero-order chi connectivity index (χ0) is 20.7. The number of nitrogens with one attached hydrogen (secondary N) is 1.